The number of rotatable bonds is 2. The SMILES string of the molecule is O=C(O)C1=C[C@H]2C[C@H]1[C@@H]1C[C@H](C(=O)O)C[C@H]12. The van der Waals surface area contributed by atoms with E-state index in [-0.39, 0.29) is 11.8 Å². The van der Waals surface area contributed by atoms with Crippen LogP contribution in [0, 0.1) is 29.6 Å². The van der Waals surface area contributed by atoms with E-state index in [0.29, 0.717) is 29.7 Å². The maximum atomic E-state index is 11.0. The summed E-state index contributed by atoms with van der Waals surface area (Å²) in [6, 6.07) is 0. The van der Waals surface area contributed by atoms with Crippen LogP contribution in [-0.4, -0.2) is 22.2 Å². The number of hydrogen-bond acceptors (Lipinski definition) is 2. The monoisotopic (exact) mass is 222 g/mol. The molecule has 0 spiro atoms. The van der Waals surface area contributed by atoms with Gasteiger partial charge in [0.1, 0.15) is 0 Å². The van der Waals surface area contributed by atoms with Crippen molar-refractivity contribution in [3.8, 4) is 0 Å². The van der Waals surface area contributed by atoms with Crippen molar-refractivity contribution in [2.75, 3.05) is 0 Å². The molecule has 2 N–H and O–H groups in total. The molecular formula is C12H14O4. The molecule has 0 aromatic rings. The van der Waals surface area contributed by atoms with Gasteiger partial charge in [-0.05, 0) is 42.9 Å². The predicted octanol–water partition coefficient (Wildman–Crippen LogP) is 1.37. The van der Waals surface area contributed by atoms with Crippen molar-refractivity contribution in [3.63, 3.8) is 0 Å². The fraction of sp³-hybridized carbons (Fsp3) is 0.667. The Balaban J connectivity index is 1.84. The van der Waals surface area contributed by atoms with E-state index in [1.807, 2.05) is 6.08 Å². The van der Waals surface area contributed by atoms with E-state index < -0.39 is 11.9 Å². The zero-order valence-corrected chi connectivity index (χ0v) is 8.80. The summed E-state index contributed by atoms with van der Waals surface area (Å²) in [5.41, 5.74) is 0.539. The van der Waals surface area contributed by atoms with Crippen molar-refractivity contribution in [1.82, 2.24) is 0 Å². The van der Waals surface area contributed by atoms with Crippen LogP contribution in [0.25, 0.3) is 0 Å². The van der Waals surface area contributed by atoms with Gasteiger partial charge in [0.2, 0.25) is 0 Å². The molecule has 4 heteroatoms. The van der Waals surface area contributed by atoms with Crippen molar-refractivity contribution in [1.29, 1.82) is 0 Å². The molecular weight excluding hydrogens is 208 g/mol. The minimum atomic E-state index is -0.815. The number of hydrogen-bond donors (Lipinski definition) is 2. The van der Waals surface area contributed by atoms with Gasteiger partial charge in [-0.25, -0.2) is 4.79 Å². The summed E-state index contributed by atoms with van der Waals surface area (Å²) < 4.78 is 0. The fourth-order valence-corrected chi connectivity index (χ4v) is 4.04. The molecule has 2 bridgehead atoms. The molecule has 2 saturated carbocycles. The minimum absolute atomic E-state index is 0.122. The average Bonchev–Trinajstić information content (AvgIpc) is 2.87. The molecule has 0 radical (unpaired) electrons. The molecule has 16 heavy (non-hydrogen) atoms. The molecule has 0 saturated heterocycles. The van der Waals surface area contributed by atoms with Gasteiger partial charge in [0.15, 0.2) is 0 Å². The standard InChI is InChI=1S/C12H14O4/c13-11(14)6-3-7-5-1-9(8(7)4-6)10(2-5)12(15)16/h2,5-9H,1,3-4H2,(H,13,14)(H,15,16)/t5-,6-,7+,8-,9+/m1/s1. The molecule has 3 rings (SSSR count). The number of allylic oxidation sites excluding steroid dienone is 1. The molecule has 0 aromatic heterocycles. The molecule has 0 amide bonds. The highest BCUT2D eigenvalue weighted by molar-refractivity contribution is 5.88. The van der Waals surface area contributed by atoms with Crippen LogP contribution in [0.3, 0.4) is 0 Å². The zero-order chi connectivity index (χ0) is 11.4. The summed E-state index contributed by atoms with van der Waals surface area (Å²) in [7, 11) is 0. The maximum Gasteiger partial charge on any atom is 0.331 e. The van der Waals surface area contributed by atoms with E-state index in [2.05, 4.69) is 0 Å². The second-order valence-electron chi connectivity index (χ2n) is 5.27. The van der Waals surface area contributed by atoms with Crippen LogP contribution < -0.4 is 0 Å². The third-order valence-corrected chi connectivity index (χ3v) is 4.65. The van der Waals surface area contributed by atoms with E-state index in [4.69, 9.17) is 10.2 Å². The number of aliphatic carboxylic acids is 2. The van der Waals surface area contributed by atoms with Crippen molar-refractivity contribution in [2.24, 2.45) is 29.6 Å². The third-order valence-electron chi connectivity index (χ3n) is 4.65. The maximum absolute atomic E-state index is 11.0. The predicted molar refractivity (Wildman–Crippen MR) is 54.7 cm³/mol. The fourth-order valence-electron chi connectivity index (χ4n) is 4.04. The summed E-state index contributed by atoms with van der Waals surface area (Å²) in [6.07, 6.45) is 4.22. The summed E-state index contributed by atoms with van der Waals surface area (Å²) >= 11 is 0. The molecule has 0 unspecified atom stereocenters. The van der Waals surface area contributed by atoms with E-state index in [1.54, 1.807) is 0 Å². The highest BCUT2D eigenvalue weighted by Gasteiger charge is 2.54. The normalized spacial score (nSPS) is 44.2. The van der Waals surface area contributed by atoms with Gasteiger partial charge in [-0.1, -0.05) is 6.08 Å². The lowest BCUT2D eigenvalue weighted by Gasteiger charge is -2.22. The van der Waals surface area contributed by atoms with Crippen LogP contribution in [0.5, 0.6) is 0 Å². The van der Waals surface area contributed by atoms with Crippen LogP contribution in [0.15, 0.2) is 11.6 Å². The second-order valence-corrected chi connectivity index (χ2v) is 5.27. The van der Waals surface area contributed by atoms with Gasteiger partial charge in [0, 0.05) is 5.57 Å². The van der Waals surface area contributed by atoms with Gasteiger partial charge in [-0.3, -0.25) is 4.79 Å². The van der Waals surface area contributed by atoms with Gasteiger partial charge in [0.05, 0.1) is 5.92 Å². The number of carboxylic acid groups (broad SMARTS) is 2. The minimum Gasteiger partial charge on any atom is -0.481 e. The molecule has 2 fully saturated rings. The van der Waals surface area contributed by atoms with Crippen LogP contribution in [0.1, 0.15) is 19.3 Å². The van der Waals surface area contributed by atoms with E-state index in [9.17, 15) is 9.59 Å². The lowest BCUT2D eigenvalue weighted by molar-refractivity contribution is -0.141. The van der Waals surface area contributed by atoms with Gasteiger partial charge in [-0.2, -0.15) is 0 Å². The smallest absolute Gasteiger partial charge is 0.331 e. The summed E-state index contributed by atoms with van der Waals surface area (Å²) in [6.45, 7) is 0. The van der Waals surface area contributed by atoms with E-state index in [0.717, 1.165) is 12.8 Å². The molecule has 3 aliphatic carbocycles. The lowest BCUT2D eigenvalue weighted by Crippen LogP contribution is -2.20. The van der Waals surface area contributed by atoms with Crippen LogP contribution >= 0.6 is 0 Å². The van der Waals surface area contributed by atoms with Gasteiger partial charge < -0.3 is 10.2 Å². The number of carbonyl (C=O) groups is 2. The first kappa shape index (κ1) is 9.87. The highest BCUT2D eigenvalue weighted by atomic mass is 16.4. The Morgan fingerprint density at radius 3 is 2.44 bits per heavy atom. The Kier molecular flexibility index (Phi) is 1.91. The third kappa shape index (κ3) is 1.16. The first-order valence-corrected chi connectivity index (χ1v) is 5.75. The zero-order valence-electron chi connectivity index (χ0n) is 8.80. The van der Waals surface area contributed by atoms with Crippen LogP contribution in [0.4, 0.5) is 0 Å². The molecule has 0 heterocycles. The second kappa shape index (κ2) is 3.09. The van der Waals surface area contributed by atoms with Crippen molar-refractivity contribution < 1.29 is 19.8 Å². The molecule has 3 aliphatic rings. The van der Waals surface area contributed by atoms with Crippen LogP contribution in [0.2, 0.25) is 0 Å². The van der Waals surface area contributed by atoms with E-state index >= 15 is 0 Å². The molecule has 5 atom stereocenters. The van der Waals surface area contributed by atoms with E-state index in [1.165, 1.54) is 0 Å². The largest absolute Gasteiger partial charge is 0.481 e. The van der Waals surface area contributed by atoms with Crippen molar-refractivity contribution >= 4 is 11.9 Å². The highest BCUT2D eigenvalue weighted by Crippen LogP contribution is 2.59. The van der Waals surface area contributed by atoms with Gasteiger partial charge in [0.25, 0.3) is 0 Å². The average molecular weight is 222 g/mol. The van der Waals surface area contributed by atoms with Gasteiger partial charge in [-0.15, -0.1) is 0 Å². The topological polar surface area (TPSA) is 74.6 Å². The Hall–Kier alpha value is -1.32. The summed E-state index contributed by atoms with van der Waals surface area (Å²) in [4.78, 5) is 22.0. The van der Waals surface area contributed by atoms with Crippen molar-refractivity contribution in [2.45, 2.75) is 19.3 Å². The first-order chi connectivity index (χ1) is 7.58. The van der Waals surface area contributed by atoms with Crippen LogP contribution in [-0.2, 0) is 9.59 Å². The summed E-state index contributed by atoms with van der Waals surface area (Å²) in [5, 5.41) is 18.0. The van der Waals surface area contributed by atoms with Gasteiger partial charge >= 0.3 is 11.9 Å². The summed E-state index contributed by atoms with van der Waals surface area (Å²) in [5.74, 6) is -0.601. The Morgan fingerprint density at radius 2 is 1.81 bits per heavy atom. The lowest BCUT2D eigenvalue weighted by atomic mass is 9.82. The number of carboxylic acids is 2. The Bertz CT molecular complexity index is 398. The molecule has 4 nitrogen and oxygen atoms in total. The Labute approximate surface area is 93.0 Å². The molecule has 0 aliphatic heterocycles. The molecule has 86 valence electrons. The molecule has 0 aromatic carbocycles. The van der Waals surface area contributed by atoms with Crippen molar-refractivity contribution in [3.05, 3.63) is 11.6 Å². The first-order valence-electron chi connectivity index (χ1n) is 5.75. The quantitative estimate of drug-likeness (QED) is 0.740. The number of fused-ring (bicyclic) bond motifs is 5. The Morgan fingerprint density at radius 1 is 1.12 bits per heavy atom.